The van der Waals surface area contributed by atoms with Crippen molar-refractivity contribution >= 4 is 0 Å². The Balaban J connectivity index is 2.32. The van der Waals surface area contributed by atoms with Gasteiger partial charge in [-0.2, -0.15) is 5.26 Å². The van der Waals surface area contributed by atoms with Gasteiger partial charge < -0.3 is 4.74 Å². The number of nitriles is 1. The molecule has 0 bridgehead atoms. The molecule has 2 aromatic carbocycles. The van der Waals surface area contributed by atoms with E-state index in [9.17, 15) is 0 Å². The molecule has 18 heavy (non-hydrogen) atoms. The lowest BCUT2D eigenvalue weighted by Gasteiger charge is -2.11. The van der Waals surface area contributed by atoms with Crippen LogP contribution in [-0.4, -0.2) is 0 Å². The van der Waals surface area contributed by atoms with Crippen LogP contribution < -0.4 is 4.74 Å². The van der Waals surface area contributed by atoms with E-state index in [1.165, 1.54) is 5.56 Å². The summed E-state index contributed by atoms with van der Waals surface area (Å²) in [5.41, 5.74) is 2.81. The Hall–Kier alpha value is -2.27. The average Bonchev–Trinajstić information content (AvgIpc) is 2.41. The van der Waals surface area contributed by atoms with Crippen LogP contribution in [0.3, 0.4) is 0 Å². The Bertz CT molecular complexity index is 596. The molecule has 0 aliphatic carbocycles. The van der Waals surface area contributed by atoms with Crippen molar-refractivity contribution in [1.82, 2.24) is 0 Å². The van der Waals surface area contributed by atoms with E-state index in [1.807, 2.05) is 37.3 Å². The number of rotatable bonds is 3. The van der Waals surface area contributed by atoms with Crippen molar-refractivity contribution in [3.63, 3.8) is 0 Å². The molecule has 0 aliphatic rings. The van der Waals surface area contributed by atoms with Crippen LogP contribution in [0, 0.1) is 18.3 Å². The number of hydrogen-bond donors (Lipinski definition) is 0. The number of para-hydroxylation sites is 1. The molecule has 0 spiro atoms. The minimum Gasteiger partial charge on any atom is -0.457 e. The highest BCUT2D eigenvalue weighted by Crippen LogP contribution is 2.28. The van der Waals surface area contributed by atoms with E-state index in [1.54, 1.807) is 6.07 Å². The summed E-state index contributed by atoms with van der Waals surface area (Å²) < 4.78 is 5.92. The molecule has 2 rings (SSSR count). The molecular weight excluding hydrogens is 222 g/mol. The predicted molar refractivity (Wildman–Crippen MR) is 71.8 cm³/mol. The van der Waals surface area contributed by atoms with Crippen molar-refractivity contribution in [3.05, 3.63) is 59.2 Å². The highest BCUT2D eigenvalue weighted by molar-refractivity contribution is 5.44. The summed E-state index contributed by atoms with van der Waals surface area (Å²) in [5.74, 6) is 1.68. The molecule has 0 atom stereocenters. The molecule has 0 heterocycles. The maximum Gasteiger partial charge on any atom is 0.130 e. The minimum absolute atomic E-state index is 0.656. The third-order valence-corrected chi connectivity index (χ3v) is 2.88. The van der Waals surface area contributed by atoms with Gasteiger partial charge in [-0.15, -0.1) is 0 Å². The Morgan fingerprint density at radius 3 is 2.56 bits per heavy atom. The van der Waals surface area contributed by atoms with E-state index in [2.05, 4.69) is 19.1 Å². The van der Waals surface area contributed by atoms with Crippen molar-refractivity contribution in [3.8, 4) is 17.6 Å². The molecule has 0 aliphatic heterocycles. The second-order valence-electron chi connectivity index (χ2n) is 4.16. The number of ether oxygens (including phenoxy) is 1. The highest BCUT2D eigenvalue weighted by Gasteiger charge is 2.05. The summed E-state index contributed by atoms with van der Waals surface area (Å²) >= 11 is 0. The first-order valence-corrected chi connectivity index (χ1v) is 6.01. The molecule has 0 unspecified atom stereocenters. The molecule has 2 nitrogen and oxygen atoms in total. The number of nitrogens with zero attached hydrogens (tertiary/aromatic N) is 1. The van der Waals surface area contributed by atoms with Crippen LogP contribution in [0.25, 0.3) is 0 Å². The Labute approximate surface area is 107 Å². The van der Waals surface area contributed by atoms with Gasteiger partial charge in [0, 0.05) is 0 Å². The number of benzene rings is 2. The van der Waals surface area contributed by atoms with Crippen LogP contribution in [0.5, 0.6) is 11.5 Å². The van der Waals surface area contributed by atoms with Crippen LogP contribution in [0.1, 0.15) is 23.6 Å². The lowest BCUT2D eigenvalue weighted by Crippen LogP contribution is -1.92. The molecule has 0 saturated carbocycles. The largest absolute Gasteiger partial charge is 0.457 e. The van der Waals surface area contributed by atoms with E-state index < -0.39 is 0 Å². The van der Waals surface area contributed by atoms with E-state index >= 15 is 0 Å². The minimum atomic E-state index is 0.656. The van der Waals surface area contributed by atoms with Gasteiger partial charge in [0.1, 0.15) is 11.5 Å². The summed E-state index contributed by atoms with van der Waals surface area (Å²) in [6.45, 7) is 4.05. The van der Waals surface area contributed by atoms with Crippen molar-refractivity contribution in [1.29, 1.82) is 5.26 Å². The fraction of sp³-hybridized carbons (Fsp3) is 0.188. The van der Waals surface area contributed by atoms with Gasteiger partial charge in [-0.05, 0) is 48.7 Å². The van der Waals surface area contributed by atoms with Crippen LogP contribution in [0.4, 0.5) is 0 Å². The maximum atomic E-state index is 8.83. The van der Waals surface area contributed by atoms with Crippen molar-refractivity contribution in [2.45, 2.75) is 20.3 Å². The second-order valence-corrected chi connectivity index (χ2v) is 4.16. The third kappa shape index (κ3) is 2.52. The Morgan fingerprint density at radius 1 is 1.11 bits per heavy atom. The van der Waals surface area contributed by atoms with Gasteiger partial charge in [-0.1, -0.05) is 25.1 Å². The van der Waals surface area contributed by atoms with E-state index in [0.29, 0.717) is 5.56 Å². The van der Waals surface area contributed by atoms with Gasteiger partial charge >= 0.3 is 0 Å². The van der Waals surface area contributed by atoms with Crippen LogP contribution in [0.2, 0.25) is 0 Å². The third-order valence-electron chi connectivity index (χ3n) is 2.88. The van der Waals surface area contributed by atoms with E-state index in [0.717, 1.165) is 23.5 Å². The molecule has 0 aromatic heterocycles. The fourth-order valence-electron chi connectivity index (χ4n) is 1.85. The first-order valence-electron chi connectivity index (χ1n) is 6.01. The molecule has 90 valence electrons. The van der Waals surface area contributed by atoms with Gasteiger partial charge in [0.15, 0.2) is 0 Å². The van der Waals surface area contributed by atoms with E-state index in [-0.39, 0.29) is 0 Å². The summed E-state index contributed by atoms with van der Waals surface area (Å²) in [6, 6.07) is 15.6. The zero-order valence-electron chi connectivity index (χ0n) is 10.6. The fourth-order valence-corrected chi connectivity index (χ4v) is 1.85. The first kappa shape index (κ1) is 12.2. The maximum absolute atomic E-state index is 8.83. The summed E-state index contributed by atoms with van der Waals surface area (Å²) in [6.07, 6.45) is 0.936. The molecule has 0 amide bonds. The van der Waals surface area contributed by atoms with Gasteiger partial charge in [-0.25, -0.2) is 0 Å². The Morgan fingerprint density at radius 2 is 1.89 bits per heavy atom. The van der Waals surface area contributed by atoms with Gasteiger partial charge in [0.05, 0.1) is 11.6 Å². The normalized spacial score (nSPS) is 9.83. The number of hydrogen-bond acceptors (Lipinski definition) is 2. The molecule has 0 fully saturated rings. The summed E-state index contributed by atoms with van der Waals surface area (Å²) in [4.78, 5) is 0. The SMILES string of the molecule is CCc1ccccc1Oc1ccc(C#N)cc1C. The van der Waals surface area contributed by atoms with Crippen molar-refractivity contribution in [2.24, 2.45) is 0 Å². The van der Waals surface area contributed by atoms with Crippen LogP contribution in [-0.2, 0) is 6.42 Å². The molecule has 0 N–H and O–H groups in total. The summed E-state index contributed by atoms with van der Waals surface area (Å²) in [7, 11) is 0. The van der Waals surface area contributed by atoms with Gasteiger partial charge in [0.25, 0.3) is 0 Å². The zero-order valence-corrected chi connectivity index (χ0v) is 10.6. The lowest BCUT2D eigenvalue weighted by molar-refractivity contribution is 0.473. The quantitative estimate of drug-likeness (QED) is 0.800. The number of aryl methyl sites for hydroxylation is 2. The molecule has 2 heteroatoms. The smallest absolute Gasteiger partial charge is 0.130 e. The average molecular weight is 237 g/mol. The topological polar surface area (TPSA) is 33.0 Å². The van der Waals surface area contributed by atoms with Gasteiger partial charge in [-0.3, -0.25) is 0 Å². The standard InChI is InChI=1S/C16H15NO/c1-3-14-6-4-5-7-16(14)18-15-9-8-13(11-17)10-12(15)2/h4-10H,3H2,1-2H3. The highest BCUT2D eigenvalue weighted by atomic mass is 16.5. The zero-order chi connectivity index (χ0) is 13.0. The van der Waals surface area contributed by atoms with Crippen LogP contribution in [0.15, 0.2) is 42.5 Å². The monoisotopic (exact) mass is 237 g/mol. The lowest BCUT2D eigenvalue weighted by atomic mass is 10.1. The Kier molecular flexibility index (Phi) is 3.64. The van der Waals surface area contributed by atoms with Gasteiger partial charge in [0.2, 0.25) is 0 Å². The van der Waals surface area contributed by atoms with E-state index in [4.69, 9.17) is 10.00 Å². The predicted octanol–water partition coefficient (Wildman–Crippen LogP) is 4.22. The molecular formula is C16H15NO. The first-order chi connectivity index (χ1) is 8.74. The second kappa shape index (κ2) is 5.37. The molecule has 2 aromatic rings. The van der Waals surface area contributed by atoms with Crippen molar-refractivity contribution in [2.75, 3.05) is 0 Å². The molecule has 0 radical (unpaired) electrons. The molecule has 0 saturated heterocycles. The van der Waals surface area contributed by atoms with Crippen LogP contribution >= 0.6 is 0 Å². The summed E-state index contributed by atoms with van der Waals surface area (Å²) in [5, 5.41) is 8.83. The van der Waals surface area contributed by atoms with Crippen molar-refractivity contribution < 1.29 is 4.74 Å².